The molecule has 0 amide bonds. The fourth-order valence-corrected chi connectivity index (χ4v) is 2.75. The normalized spacial score (nSPS) is 21.2. The monoisotopic (exact) mass is 250 g/mol. The molecule has 4 heteroatoms. The quantitative estimate of drug-likeness (QED) is 0.815. The number of nitrogens with one attached hydrogen (secondary N) is 1. The van der Waals surface area contributed by atoms with Gasteiger partial charge in [-0.15, -0.1) is 0 Å². The number of imidazole rings is 1. The molecule has 0 aliphatic carbocycles. The molecule has 1 saturated heterocycles. The molecule has 1 aliphatic heterocycles. The molecule has 1 aromatic rings. The zero-order valence-corrected chi connectivity index (χ0v) is 11.9. The second kappa shape index (κ2) is 6.23. The van der Waals surface area contributed by atoms with Crippen LogP contribution in [-0.2, 0) is 7.05 Å². The third kappa shape index (κ3) is 3.48. The number of hydrogen-bond donors (Lipinski definition) is 1. The van der Waals surface area contributed by atoms with Crippen molar-refractivity contribution < 1.29 is 0 Å². The van der Waals surface area contributed by atoms with Crippen LogP contribution in [0.1, 0.15) is 38.3 Å². The van der Waals surface area contributed by atoms with Gasteiger partial charge in [0.1, 0.15) is 0 Å². The maximum atomic E-state index is 4.45. The molecule has 1 N–H and O–H groups in total. The van der Waals surface area contributed by atoms with E-state index in [-0.39, 0.29) is 0 Å². The van der Waals surface area contributed by atoms with Gasteiger partial charge in [0.05, 0.1) is 5.69 Å². The molecular formula is C14H26N4. The van der Waals surface area contributed by atoms with Gasteiger partial charge in [0, 0.05) is 32.4 Å². The van der Waals surface area contributed by atoms with Crippen molar-refractivity contribution in [2.45, 2.75) is 45.6 Å². The number of hydrogen-bond acceptors (Lipinski definition) is 3. The Balaban J connectivity index is 1.68. The van der Waals surface area contributed by atoms with Crippen LogP contribution in [0.3, 0.4) is 0 Å². The first-order valence-corrected chi connectivity index (χ1v) is 7.14. The number of likely N-dealkylation sites (tertiary alicyclic amines) is 1. The summed E-state index contributed by atoms with van der Waals surface area (Å²) in [6, 6.07) is 0.772. The molecule has 1 aliphatic rings. The standard InChI is InChI=1S/C14H26N4/c1-12-11-17(3)14(16-12)15-8-6-10-18-9-5-4-7-13(18)2/h11,13H,4-10H2,1-3H3,(H,15,16). The maximum absolute atomic E-state index is 4.45. The minimum Gasteiger partial charge on any atom is -0.356 e. The third-order valence-corrected chi connectivity index (χ3v) is 3.84. The first kappa shape index (κ1) is 13.4. The molecule has 1 unspecified atom stereocenters. The molecule has 1 atom stereocenters. The van der Waals surface area contributed by atoms with Gasteiger partial charge >= 0.3 is 0 Å². The summed E-state index contributed by atoms with van der Waals surface area (Å²) in [5.74, 6) is 0.985. The van der Waals surface area contributed by atoms with E-state index in [1.807, 2.05) is 14.0 Å². The van der Waals surface area contributed by atoms with Crippen molar-refractivity contribution in [2.24, 2.45) is 7.05 Å². The summed E-state index contributed by atoms with van der Waals surface area (Å²) >= 11 is 0. The van der Waals surface area contributed by atoms with Gasteiger partial charge < -0.3 is 14.8 Å². The van der Waals surface area contributed by atoms with E-state index in [1.165, 1.54) is 38.8 Å². The molecule has 0 bridgehead atoms. The second-order valence-electron chi connectivity index (χ2n) is 5.48. The van der Waals surface area contributed by atoms with Crippen LogP contribution >= 0.6 is 0 Å². The van der Waals surface area contributed by atoms with E-state index in [2.05, 4.69) is 32.9 Å². The highest BCUT2D eigenvalue weighted by Gasteiger charge is 2.17. The summed E-state index contributed by atoms with van der Waals surface area (Å²) < 4.78 is 2.05. The molecule has 4 nitrogen and oxygen atoms in total. The van der Waals surface area contributed by atoms with E-state index in [1.54, 1.807) is 0 Å². The molecule has 2 heterocycles. The first-order chi connectivity index (χ1) is 8.66. The number of aromatic nitrogens is 2. The van der Waals surface area contributed by atoms with Crippen LogP contribution < -0.4 is 5.32 Å². The largest absolute Gasteiger partial charge is 0.356 e. The average Bonchev–Trinajstić information content (AvgIpc) is 2.65. The van der Waals surface area contributed by atoms with Gasteiger partial charge in [0.15, 0.2) is 0 Å². The van der Waals surface area contributed by atoms with E-state index >= 15 is 0 Å². The lowest BCUT2D eigenvalue weighted by atomic mass is 10.0. The molecule has 0 radical (unpaired) electrons. The van der Waals surface area contributed by atoms with Crippen molar-refractivity contribution in [1.29, 1.82) is 0 Å². The average molecular weight is 250 g/mol. The summed E-state index contributed by atoms with van der Waals surface area (Å²) in [6.07, 6.45) is 7.38. The highest BCUT2D eigenvalue weighted by atomic mass is 15.2. The first-order valence-electron chi connectivity index (χ1n) is 7.14. The van der Waals surface area contributed by atoms with Crippen LogP contribution in [0.25, 0.3) is 0 Å². The van der Waals surface area contributed by atoms with Crippen LogP contribution in [0.2, 0.25) is 0 Å². The molecule has 1 fully saturated rings. The number of aryl methyl sites for hydroxylation is 2. The number of rotatable bonds is 5. The van der Waals surface area contributed by atoms with Crippen LogP contribution in [0.15, 0.2) is 6.20 Å². The van der Waals surface area contributed by atoms with Gasteiger partial charge in [-0.05, 0) is 39.7 Å². The Morgan fingerprint density at radius 1 is 1.44 bits per heavy atom. The minimum absolute atomic E-state index is 0.772. The Kier molecular flexibility index (Phi) is 4.64. The van der Waals surface area contributed by atoms with Crippen molar-refractivity contribution in [3.63, 3.8) is 0 Å². The SMILES string of the molecule is Cc1cn(C)c(NCCCN2CCCCC2C)n1. The van der Waals surface area contributed by atoms with Crippen LogP contribution in [-0.4, -0.2) is 40.1 Å². The molecule has 0 spiro atoms. The Hall–Kier alpha value is -1.03. The van der Waals surface area contributed by atoms with E-state index < -0.39 is 0 Å². The van der Waals surface area contributed by atoms with Gasteiger partial charge in [-0.25, -0.2) is 4.98 Å². The number of piperidine rings is 1. The van der Waals surface area contributed by atoms with Crippen molar-refractivity contribution in [3.05, 3.63) is 11.9 Å². The van der Waals surface area contributed by atoms with Crippen LogP contribution in [0, 0.1) is 6.92 Å². The zero-order valence-electron chi connectivity index (χ0n) is 11.9. The smallest absolute Gasteiger partial charge is 0.202 e. The van der Waals surface area contributed by atoms with Crippen LogP contribution in [0.5, 0.6) is 0 Å². The van der Waals surface area contributed by atoms with Gasteiger partial charge in [0.2, 0.25) is 5.95 Å². The van der Waals surface area contributed by atoms with Gasteiger partial charge in [-0.2, -0.15) is 0 Å². The van der Waals surface area contributed by atoms with Crippen molar-refractivity contribution in [2.75, 3.05) is 25.0 Å². The fourth-order valence-electron chi connectivity index (χ4n) is 2.75. The number of nitrogens with zero attached hydrogens (tertiary/aromatic N) is 3. The summed E-state index contributed by atoms with van der Waals surface area (Å²) in [5.41, 5.74) is 1.07. The van der Waals surface area contributed by atoms with E-state index in [4.69, 9.17) is 0 Å². The van der Waals surface area contributed by atoms with E-state index in [0.717, 1.165) is 24.2 Å². The van der Waals surface area contributed by atoms with Gasteiger partial charge in [-0.3, -0.25) is 0 Å². The molecule has 1 aromatic heterocycles. The topological polar surface area (TPSA) is 33.1 Å². The van der Waals surface area contributed by atoms with Gasteiger partial charge in [-0.1, -0.05) is 6.42 Å². The lowest BCUT2D eigenvalue weighted by Crippen LogP contribution is -2.38. The third-order valence-electron chi connectivity index (χ3n) is 3.84. The fraction of sp³-hybridized carbons (Fsp3) is 0.786. The van der Waals surface area contributed by atoms with E-state index in [0.29, 0.717) is 0 Å². The Morgan fingerprint density at radius 2 is 2.28 bits per heavy atom. The lowest BCUT2D eigenvalue weighted by molar-refractivity contribution is 0.160. The predicted molar refractivity (Wildman–Crippen MR) is 75.9 cm³/mol. The summed E-state index contributed by atoms with van der Waals surface area (Å²) in [4.78, 5) is 7.07. The summed E-state index contributed by atoms with van der Waals surface area (Å²) in [7, 11) is 2.04. The zero-order chi connectivity index (χ0) is 13.0. The predicted octanol–water partition coefficient (Wildman–Crippen LogP) is 2.40. The molecule has 102 valence electrons. The molecule has 18 heavy (non-hydrogen) atoms. The molecular weight excluding hydrogens is 224 g/mol. The molecule has 2 rings (SSSR count). The Bertz CT molecular complexity index is 372. The van der Waals surface area contributed by atoms with Crippen molar-refractivity contribution >= 4 is 5.95 Å². The summed E-state index contributed by atoms with van der Waals surface area (Å²) in [6.45, 7) is 7.88. The van der Waals surface area contributed by atoms with Gasteiger partial charge in [0.25, 0.3) is 0 Å². The molecule has 0 aromatic carbocycles. The molecule has 0 saturated carbocycles. The second-order valence-corrected chi connectivity index (χ2v) is 5.48. The summed E-state index contributed by atoms with van der Waals surface area (Å²) in [5, 5.41) is 3.41. The van der Waals surface area contributed by atoms with Crippen molar-refractivity contribution in [1.82, 2.24) is 14.5 Å². The minimum atomic E-state index is 0.772. The highest BCUT2D eigenvalue weighted by molar-refractivity contribution is 5.27. The number of anilines is 1. The van der Waals surface area contributed by atoms with Crippen molar-refractivity contribution in [3.8, 4) is 0 Å². The lowest BCUT2D eigenvalue weighted by Gasteiger charge is -2.33. The highest BCUT2D eigenvalue weighted by Crippen LogP contribution is 2.16. The van der Waals surface area contributed by atoms with E-state index in [9.17, 15) is 0 Å². The van der Waals surface area contributed by atoms with Crippen LogP contribution in [0.4, 0.5) is 5.95 Å². The Morgan fingerprint density at radius 3 is 2.94 bits per heavy atom. The maximum Gasteiger partial charge on any atom is 0.202 e. The Labute approximate surface area is 110 Å².